The third-order valence-corrected chi connectivity index (χ3v) is 2.25. The van der Waals surface area contributed by atoms with Crippen LogP contribution in [0.1, 0.15) is 20.7 Å². The van der Waals surface area contributed by atoms with Gasteiger partial charge >= 0.3 is 5.97 Å². The first-order valence-electron chi connectivity index (χ1n) is 4.02. The number of nitro benzene ring substituents is 1. The predicted molar refractivity (Wildman–Crippen MR) is 54.8 cm³/mol. The van der Waals surface area contributed by atoms with Gasteiger partial charge in [0.15, 0.2) is 6.29 Å². The fourth-order valence-electron chi connectivity index (χ4n) is 1.08. The Kier molecular flexibility index (Phi) is 3.57. The Labute approximate surface area is 94.9 Å². The fraction of sp³-hybridized carbons (Fsp3) is 0.111. The minimum Gasteiger partial charge on any atom is -0.465 e. The molecule has 0 aliphatic carbocycles. The second-order valence-corrected chi connectivity index (χ2v) is 3.14. The molecule has 0 saturated carbocycles. The Morgan fingerprint density at radius 1 is 1.56 bits per heavy atom. The average molecular weight is 244 g/mol. The van der Waals surface area contributed by atoms with Crippen molar-refractivity contribution in [2.75, 3.05) is 7.11 Å². The lowest BCUT2D eigenvalue weighted by Gasteiger charge is -2.04. The van der Waals surface area contributed by atoms with Gasteiger partial charge in [-0.3, -0.25) is 14.9 Å². The summed E-state index contributed by atoms with van der Waals surface area (Å²) in [6.07, 6.45) is 0.335. The van der Waals surface area contributed by atoms with Crippen LogP contribution in [0.4, 0.5) is 5.69 Å². The maximum Gasteiger partial charge on any atom is 0.339 e. The van der Waals surface area contributed by atoms with E-state index in [1.54, 1.807) is 0 Å². The molecular weight excluding hydrogens is 238 g/mol. The molecule has 0 bridgehead atoms. The van der Waals surface area contributed by atoms with Crippen molar-refractivity contribution in [3.63, 3.8) is 0 Å². The Hall–Kier alpha value is -1.95. The monoisotopic (exact) mass is 243 g/mol. The molecule has 1 aromatic rings. The molecule has 0 fully saturated rings. The van der Waals surface area contributed by atoms with E-state index in [0.29, 0.717) is 6.29 Å². The number of esters is 1. The van der Waals surface area contributed by atoms with Crippen molar-refractivity contribution in [1.82, 2.24) is 0 Å². The van der Waals surface area contributed by atoms with Gasteiger partial charge in [0.05, 0.1) is 22.6 Å². The predicted octanol–water partition coefficient (Wildman–Crippen LogP) is 1.85. The van der Waals surface area contributed by atoms with E-state index in [0.717, 1.165) is 19.2 Å². The highest BCUT2D eigenvalue weighted by atomic mass is 35.5. The van der Waals surface area contributed by atoms with Crippen LogP contribution in [0.3, 0.4) is 0 Å². The molecule has 0 aliphatic heterocycles. The number of carbonyl (C=O) groups excluding carboxylic acids is 2. The van der Waals surface area contributed by atoms with Gasteiger partial charge in [0.25, 0.3) is 5.69 Å². The number of non-ortho nitro benzene ring substituents is 1. The SMILES string of the molecule is COC(=O)c1cc([N+](=O)[O-])cc(C=O)c1Cl. The molecule has 16 heavy (non-hydrogen) atoms. The molecule has 6 nitrogen and oxygen atoms in total. The number of methoxy groups -OCH3 is 1. The fourth-order valence-corrected chi connectivity index (χ4v) is 1.31. The van der Waals surface area contributed by atoms with Crippen molar-refractivity contribution >= 4 is 29.5 Å². The van der Waals surface area contributed by atoms with Crippen LogP contribution >= 0.6 is 11.6 Å². The van der Waals surface area contributed by atoms with Crippen molar-refractivity contribution in [2.45, 2.75) is 0 Å². The van der Waals surface area contributed by atoms with Crippen LogP contribution < -0.4 is 0 Å². The normalized spacial score (nSPS) is 9.62. The third-order valence-electron chi connectivity index (χ3n) is 1.83. The zero-order valence-corrected chi connectivity index (χ0v) is 8.85. The summed E-state index contributed by atoms with van der Waals surface area (Å²) in [6, 6.07) is 1.95. The molecule has 0 amide bonds. The molecule has 0 radical (unpaired) electrons. The molecule has 0 N–H and O–H groups in total. The van der Waals surface area contributed by atoms with Gasteiger partial charge in [0, 0.05) is 17.7 Å². The van der Waals surface area contributed by atoms with Gasteiger partial charge in [-0.25, -0.2) is 4.79 Å². The average Bonchev–Trinajstić information content (AvgIpc) is 2.28. The summed E-state index contributed by atoms with van der Waals surface area (Å²) in [7, 11) is 1.11. The Morgan fingerprint density at radius 3 is 2.62 bits per heavy atom. The quantitative estimate of drug-likeness (QED) is 0.350. The maximum absolute atomic E-state index is 11.2. The minimum atomic E-state index is -0.836. The summed E-state index contributed by atoms with van der Waals surface area (Å²) in [4.78, 5) is 31.6. The largest absolute Gasteiger partial charge is 0.465 e. The van der Waals surface area contributed by atoms with Gasteiger partial charge in [-0.05, 0) is 0 Å². The van der Waals surface area contributed by atoms with E-state index >= 15 is 0 Å². The summed E-state index contributed by atoms with van der Waals surface area (Å²) in [6.45, 7) is 0. The molecule has 84 valence electrons. The molecule has 0 spiro atoms. The van der Waals surface area contributed by atoms with Crippen LogP contribution in [-0.2, 0) is 4.74 Å². The number of halogens is 1. The van der Waals surface area contributed by atoms with Gasteiger partial charge in [-0.2, -0.15) is 0 Å². The third kappa shape index (κ3) is 2.17. The zero-order chi connectivity index (χ0) is 12.3. The van der Waals surface area contributed by atoms with Crippen molar-refractivity contribution in [3.8, 4) is 0 Å². The molecule has 1 aromatic carbocycles. The van der Waals surface area contributed by atoms with Gasteiger partial charge in [0.1, 0.15) is 0 Å². The van der Waals surface area contributed by atoms with Gasteiger partial charge in [-0.1, -0.05) is 11.6 Å². The van der Waals surface area contributed by atoms with Crippen LogP contribution in [0, 0.1) is 10.1 Å². The Morgan fingerprint density at radius 2 is 2.19 bits per heavy atom. The number of hydrogen-bond donors (Lipinski definition) is 0. The highest BCUT2D eigenvalue weighted by Crippen LogP contribution is 2.26. The molecule has 0 saturated heterocycles. The van der Waals surface area contributed by atoms with Crippen molar-refractivity contribution in [3.05, 3.63) is 38.4 Å². The molecule has 7 heteroatoms. The van der Waals surface area contributed by atoms with Crippen molar-refractivity contribution in [1.29, 1.82) is 0 Å². The first-order valence-corrected chi connectivity index (χ1v) is 4.40. The minimum absolute atomic E-state index is 0.128. The van der Waals surface area contributed by atoms with Gasteiger partial charge < -0.3 is 4.74 Å². The summed E-state index contributed by atoms with van der Waals surface area (Å²) in [5, 5.41) is 10.4. The highest BCUT2D eigenvalue weighted by Gasteiger charge is 2.20. The Bertz CT molecular complexity index is 471. The molecule has 1 rings (SSSR count). The van der Waals surface area contributed by atoms with Crippen molar-refractivity contribution in [2.24, 2.45) is 0 Å². The van der Waals surface area contributed by atoms with E-state index < -0.39 is 16.6 Å². The van der Waals surface area contributed by atoms with Crippen LogP contribution in [0.5, 0.6) is 0 Å². The topological polar surface area (TPSA) is 86.5 Å². The number of carbonyl (C=O) groups is 2. The number of nitro groups is 1. The van der Waals surface area contributed by atoms with E-state index in [9.17, 15) is 19.7 Å². The van der Waals surface area contributed by atoms with Crippen LogP contribution in [0.25, 0.3) is 0 Å². The smallest absolute Gasteiger partial charge is 0.339 e. The van der Waals surface area contributed by atoms with Crippen molar-refractivity contribution < 1.29 is 19.2 Å². The molecule has 0 atom stereocenters. The van der Waals surface area contributed by atoms with E-state index in [-0.39, 0.29) is 16.1 Å². The number of nitrogens with zero attached hydrogens (tertiary/aromatic N) is 1. The second-order valence-electron chi connectivity index (χ2n) is 2.76. The first kappa shape index (κ1) is 12.1. The maximum atomic E-state index is 11.2. The lowest BCUT2D eigenvalue weighted by Crippen LogP contribution is -2.05. The summed E-state index contributed by atoms with van der Waals surface area (Å²) < 4.78 is 4.39. The highest BCUT2D eigenvalue weighted by molar-refractivity contribution is 6.36. The van der Waals surface area contributed by atoms with Crippen LogP contribution in [0.15, 0.2) is 12.1 Å². The lowest BCUT2D eigenvalue weighted by molar-refractivity contribution is -0.384. The number of benzene rings is 1. The standard InChI is InChI=1S/C9H6ClNO5/c1-16-9(13)7-3-6(11(14)15)2-5(4-12)8(7)10/h2-4H,1H3. The zero-order valence-electron chi connectivity index (χ0n) is 8.10. The number of hydrogen-bond acceptors (Lipinski definition) is 5. The van der Waals surface area contributed by atoms with Gasteiger partial charge in [-0.15, -0.1) is 0 Å². The molecule has 0 aliphatic rings. The molecule has 0 aromatic heterocycles. The summed E-state index contributed by atoms with van der Waals surface area (Å²) in [5.74, 6) is -0.836. The number of rotatable bonds is 3. The molecular formula is C9H6ClNO5. The number of ether oxygens (including phenoxy) is 1. The van der Waals surface area contributed by atoms with Gasteiger partial charge in [0.2, 0.25) is 0 Å². The van der Waals surface area contributed by atoms with E-state index in [4.69, 9.17) is 11.6 Å². The van der Waals surface area contributed by atoms with E-state index in [1.807, 2.05) is 0 Å². The Balaban J connectivity index is 3.47. The molecule has 0 unspecified atom stereocenters. The summed E-state index contributed by atoms with van der Waals surface area (Å²) >= 11 is 5.70. The summed E-state index contributed by atoms with van der Waals surface area (Å²) in [5.41, 5.74) is -0.733. The molecule has 0 heterocycles. The van der Waals surface area contributed by atoms with E-state index in [1.165, 1.54) is 0 Å². The second kappa shape index (κ2) is 4.71. The van der Waals surface area contributed by atoms with Crippen LogP contribution in [-0.4, -0.2) is 24.3 Å². The first-order chi connectivity index (χ1) is 7.51. The lowest BCUT2D eigenvalue weighted by atomic mass is 10.1. The van der Waals surface area contributed by atoms with Crippen LogP contribution in [0.2, 0.25) is 5.02 Å². The van der Waals surface area contributed by atoms with E-state index in [2.05, 4.69) is 4.74 Å². The number of aldehydes is 1.